The summed E-state index contributed by atoms with van der Waals surface area (Å²) in [6.07, 6.45) is 3.27. The molecule has 1 saturated heterocycles. The van der Waals surface area contributed by atoms with Crippen molar-refractivity contribution in [2.45, 2.75) is 19.5 Å². The molecule has 7 nitrogen and oxygen atoms in total. The van der Waals surface area contributed by atoms with Crippen molar-refractivity contribution < 1.29 is 14.3 Å². The highest BCUT2D eigenvalue weighted by Gasteiger charge is 2.27. The molecule has 0 saturated carbocycles. The van der Waals surface area contributed by atoms with Gasteiger partial charge >= 0.3 is 4.87 Å². The number of fused-ring (bicyclic) bond motifs is 1. The molecule has 4 heterocycles. The zero-order chi connectivity index (χ0) is 21.2. The Bertz CT molecular complexity index is 1130. The molecule has 8 heteroatoms. The van der Waals surface area contributed by atoms with Gasteiger partial charge in [-0.1, -0.05) is 17.4 Å². The van der Waals surface area contributed by atoms with Gasteiger partial charge in [0.15, 0.2) is 17.3 Å². The predicted octanol–water partition coefficient (Wildman–Crippen LogP) is 3.30. The number of ether oxygens (including phenoxy) is 2. The van der Waals surface area contributed by atoms with Crippen molar-refractivity contribution >= 4 is 17.1 Å². The highest BCUT2D eigenvalue weighted by Crippen LogP contribution is 2.32. The van der Waals surface area contributed by atoms with E-state index in [1.165, 1.54) is 11.3 Å². The Kier molecular flexibility index (Phi) is 5.57. The summed E-state index contributed by atoms with van der Waals surface area (Å²) in [5.41, 5.74) is 2.31. The minimum Gasteiger partial charge on any atom is -0.486 e. The Morgan fingerprint density at radius 2 is 1.90 bits per heavy atom. The Labute approximate surface area is 183 Å². The Balaban J connectivity index is 1.24. The third-order valence-electron chi connectivity index (χ3n) is 5.84. The lowest BCUT2D eigenvalue weighted by molar-refractivity contribution is 0.0810. The number of carbonyl (C=O) groups is 1. The summed E-state index contributed by atoms with van der Waals surface area (Å²) in [7, 11) is 0. The summed E-state index contributed by atoms with van der Waals surface area (Å²) in [6, 6.07) is 11.1. The second-order valence-electron chi connectivity index (χ2n) is 7.79. The normalized spacial score (nSPS) is 16.9. The number of hydrogen-bond acceptors (Lipinski definition) is 7. The molecule has 31 heavy (non-hydrogen) atoms. The molecule has 5 rings (SSSR count). The van der Waals surface area contributed by atoms with Gasteiger partial charge in [0.25, 0.3) is 0 Å². The highest BCUT2D eigenvalue weighted by molar-refractivity contribution is 7.07. The Morgan fingerprint density at radius 3 is 2.68 bits per heavy atom. The third kappa shape index (κ3) is 4.13. The predicted molar refractivity (Wildman–Crippen MR) is 118 cm³/mol. The van der Waals surface area contributed by atoms with Crippen molar-refractivity contribution in [3.05, 3.63) is 63.2 Å². The molecule has 0 aliphatic carbocycles. The van der Waals surface area contributed by atoms with Crippen LogP contribution in [-0.2, 0) is 6.67 Å². The van der Waals surface area contributed by atoms with E-state index in [-0.39, 0.29) is 16.6 Å². The first-order valence-corrected chi connectivity index (χ1v) is 11.3. The Hall–Kier alpha value is -2.97. The van der Waals surface area contributed by atoms with Gasteiger partial charge in [0.1, 0.15) is 13.2 Å². The molecule has 0 bridgehead atoms. The van der Waals surface area contributed by atoms with E-state index in [1.54, 1.807) is 16.8 Å². The molecule has 2 aromatic heterocycles. The van der Waals surface area contributed by atoms with E-state index in [1.807, 2.05) is 35.7 Å². The molecule has 160 valence electrons. The zero-order valence-electron chi connectivity index (χ0n) is 17.0. The first-order chi connectivity index (χ1) is 15.2. The average molecular weight is 438 g/mol. The van der Waals surface area contributed by atoms with Crippen molar-refractivity contribution in [3.8, 4) is 22.9 Å². The number of thiazole rings is 1. The summed E-state index contributed by atoms with van der Waals surface area (Å²) in [5.74, 6) is 1.47. The number of ketones is 1. The number of piperidine rings is 1. The fraction of sp³-hybridized carbons (Fsp3) is 0.348. The molecule has 0 radical (unpaired) electrons. The second-order valence-corrected chi connectivity index (χ2v) is 8.61. The van der Waals surface area contributed by atoms with Crippen LogP contribution in [-0.4, -0.2) is 46.5 Å². The van der Waals surface area contributed by atoms with E-state index >= 15 is 0 Å². The molecule has 0 spiro atoms. The van der Waals surface area contributed by atoms with Crippen LogP contribution in [0.2, 0.25) is 0 Å². The second kappa shape index (κ2) is 8.64. The van der Waals surface area contributed by atoms with Gasteiger partial charge in [0.05, 0.1) is 18.1 Å². The van der Waals surface area contributed by atoms with Crippen LogP contribution < -0.4 is 14.3 Å². The minimum atomic E-state index is -0.0201. The first kappa shape index (κ1) is 20.0. The summed E-state index contributed by atoms with van der Waals surface area (Å²) >= 11 is 1.19. The molecular weight excluding hydrogens is 414 g/mol. The van der Waals surface area contributed by atoms with Crippen molar-refractivity contribution in [3.63, 3.8) is 0 Å². The largest absolute Gasteiger partial charge is 0.486 e. The van der Waals surface area contributed by atoms with Crippen LogP contribution >= 0.6 is 11.3 Å². The molecule has 2 aliphatic heterocycles. The number of nitrogens with zero attached hydrogens (tertiary/aromatic N) is 3. The molecular formula is C23H23N3O4S. The SMILES string of the molecule is O=C(c1ccc2c(c1)OCCO2)C1CCN(Cn2c(-c3ccccn3)csc2=O)CC1. The topological polar surface area (TPSA) is 73.7 Å². The van der Waals surface area contributed by atoms with Crippen molar-refractivity contribution in [1.29, 1.82) is 0 Å². The Morgan fingerprint density at radius 1 is 1.10 bits per heavy atom. The molecule has 1 fully saturated rings. The van der Waals surface area contributed by atoms with Crippen LogP contribution in [0, 0.1) is 5.92 Å². The van der Waals surface area contributed by atoms with Crippen LogP contribution in [0.1, 0.15) is 23.2 Å². The van der Waals surface area contributed by atoms with Gasteiger partial charge in [-0.05, 0) is 43.2 Å². The van der Waals surface area contributed by atoms with Gasteiger partial charge in [0, 0.05) is 36.1 Å². The molecule has 0 atom stereocenters. The van der Waals surface area contributed by atoms with Crippen LogP contribution in [0.15, 0.2) is 52.8 Å². The maximum absolute atomic E-state index is 13.0. The summed E-state index contributed by atoms with van der Waals surface area (Å²) in [5, 5.41) is 1.86. The molecule has 0 N–H and O–H groups in total. The maximum Gasteiger partial charge on any atom is 0.308 e. The lowest BCUT2D eigenvalue weighted by Gasteiger charge is -2.31. The monoisotopic (exact) mass is 437 g/mol. The van der Waals surface area contributed by atoms with Crippen molar-refractivity contribution in [2.24, 2.45) is 5.92 Å². The standard InChI is InChI=1S/C23H23N3O4S/c27-22(17-4-5-20-21(13-17)30-12-11-29-20)16-6-9-25(10-7-16)15-26-19(14-31-23(26)28)18-3-1-2-8-24-18/h1-5,8,13-14,16H,6-7,9-12,15H2. The summed E-state index contributed by atoms with van der Waals surface area (Å²) < 4.78 is 12.9. The van der Waals surface area contributed by atoms with Gasteiger partial charge < -0.3 is 9.47 Å². The quantitative estimate of drug-likeness (QED) is 0.571. The highest BCUT2D eigenvalue weighted by atomic mass is 32.1. The van der Waals surface area contributed by atoms with E-state index < -0.39 is 0 Å². The van der Waals surface area contributed by atoms with Crippen molar-refractivity contribution in [1.82, 2.24) is 14.5 Å². The number of hydrogen-bond donors (Lipinski definition) is 0. The zero-order valence-corrected chi connectivity index (χ0v) is 17.8. The van der Waals surface area contributed by atoms with Crippen LogP contribution in [0.5, 0.6) is 11.5 Å². The van der Waals surface area contributed by atoms with Gasteiger partial charge in [-0.3, -0.25) is 24.0 Å². The van der Waals surface area contributed by atoms with E-state index in [2.05, 4.69) is 9.88 Å². The van der Waals surface area contributed by atoms with E-state index in [0.29, 0.717) is 36.9 Å². The molecule has 2 aliphatic rings. The average Bonchev–Trinajstić information content (AvgIpc) is 3.19. The first-order valence-electron chi connectivity index (χ1n) is 10.4. The fourth-order valence-electron chi connectivity index (χ4n) is 4.15. The van der Waals surface area contributed by atoms with Gasteiger partial charge in [-0.25, -0.2) is 0 Å². The number of benzene rings is 1. The van der Waals surface area contributed by atoms with E-state index in [0.717, 1.165) is 37.3 Å². The summed E-state index contributed by atoms with van der Waals surface area (Å²) in [6.45, 7) is 3.09. The van der Waals surface area contributed by atoms with Crippen LogP contribution in [0.4, 0.5) is 0 Å². The number of carbonyl (C=O) groups excluding carboxylic acids is 1. The molecule has 0 amide bonds. The molecule has 3 aromatic rings. The van der Waals surface area contributed by atoms with Crippen LogP contribution in [0.3, 0.4) is 0 Å². The van der Waals surface area contributed by atoms with E-state index in [4.69, 9.17) is 9.47 Å². The number of rotatable bonds is 5. The van der Waals surface area contributed by atoms with Gasteiger partial charge in [-0.15, -0.1) is 0 Å². The number of Topliss-reactive ketones (excluding diaryl/α,β-unsaturated/α-hetero) is 1. The minimum absolute atomic E-state index is 0.00938. The molecule has 1 aromatic carbocycles. The van der Waals surface area contributed by atoms with E-state index in [9.17, 15) is 9.59 Å². The van der Waals surface area contributed by atoms with Crippen LogP contribution in [0.25, 0.3) is 11.4 Å². The summed E-state index contributed by atoms with van der Waals surface area (Å²) in [4.78, 5) is 32.1. The maximum atomic E-state index is 13.0. The lowest BCUT2D eigenvalue weighted by atomic mass is 9.89. The fourth-order valence-corrected chi connectivity index (χ4v) is 4.89. The molecule has 0 unspecified atom stereocenters. The number of pyridine rings is 1. The number of aromatic nitrogens is 2. The number of likely N-dealkylation sites (tertiary alicyclic amines) is 1. The lowest BCUT2D eigenvalue weighted by Crippen LogP contribution is -2.39. The van der Waals surface area contributed by atoms with Gasteiger partial charge in [-0.2, -0.15) is 0 Å². The smallest absolute Gasteiger partial charge is 0.308 e. The third-order valence-corrected chi connectivity index (χ3v) is 6.60. The van der Waals surface area contributed by atoms with Crippen molar-refractivity contribution in [2.75, 3.05) is 26.3 Å². The van der Waals surface area contributed by atoms with Gasteiger partial charge in [0.2, 0.25) is 0 Å².